The number of ether oxygens (including phenoxy) is 1. The van der Waals surface area contributed by atoms with Crippen LogP contribution in [0.4, 0.5) is 5.69 Å². The van der Waals surface area contributed by atoms with Gasteiger partial charge in [0, 0.05) is 11.4 Å². The lowest BCUT2D eigenvalue weighted by atomic mass is 10.0. The third kappa shape index (κ3) is 5.59. The average Bonchev–Trinajstić information content (AvgIpc) is 3.15. The van der Waals surface area contributed by atoms with Crippen LogP contribution in [0.15, 0.2) is 48.5 Å². The van der Waals surface area contributed by atoms with Crippen molar-refractivity contribution in [3.63, 3.8) is 0 Å². The zero-order chi connectivity index (χ0) is 27.7. The fourth-order valence-corrected chi connectivity index (χ4v) is 5.13. The lowest BCUT2D eigenvalue weighted by molar-refractivity contribution is -0.151. The number of carbonyl (C=O) groups is 4. The van der Waals surface area contributed by atoms with Gasteiger partial charge in [0.25, 0.3) is 17.7 Å². The number of amides is 3. The number of halogens is 6. The highest BCUT2D eigenvalue weighted by Crippen LogP contribution is 2.45. The summed E-state index contributed by atoms with van der Waals surface area (Å²) < 4.78 is 5.21. The van der Waals surface area contributed by atoms with Gasteiger partial charge in [-0.05, 0) is 23.8 Å². The maximum Gasteiger partial charge on any atom is 0.330 e. The van der Waals surface area contributed by atoms with Gasteiger partial charge in [0.2, 0.25) is 0 Å². The van der Waals surface area contributed by atoms with Gasteiger partial charge in [-0.25, -0.2) is 4.79 Å². The summed E-state index contributed by atoms with van der Waals surface area (Å²) in [5.41, 5.74) is 0.249. The lowest BCUT2D eigenvalue weighted by Gasteiger charge is -2.24. The Hall–Kier alpha value is -2.52. The molecule has 196 valence electrons. The Labute approximate surface area is 246 Å². The molecule has 7 nitrogen and oxygen atoms in total. The van der Waals surface area contributed by atoms with Gasteiger partial charge in [0.05, 0.1) is 41.9 Å². The maximum absolute atomic E-state index is 13.4. The molecule has 0 saturated heterocycles. The van der Waals surface area contributed by atoms with E-state index in [1.165, 1.54) is 18.2 Å². The third-order valence-electron chi connectivity index (χ3n) is 5.54. The van der Waals surface area contributed by atoms with E-state index >= 15 is 0 Å². The molecule has 13 heteroatoms. The van der Waals surface area contributed by atoms with Crippen LogP contribution in [-0.4, -0.2) is 41.2 Å². The van der Waals surface area contributed by atoms with Crippen molar-refractivity contribution in [3.8, 4) is 0 Å². The monoisotopic (exact) mass is 632 g/mol. The van der Waals surface area contributed by atoms with Crippen molar-refractivity contribution in [1.29, 1.82) is 0 Å². The first kappa shape index (κ1) is 28.5. The normalized spacial score (nSPS) is 13.4. The molecule has 0 radical (unpaired) electrons. The van der Waals surface area contributed by atoms with E-state index < -0.39 is 36.3 Å². The minimum Gasteiger partial charge on any atom is -0.454 e. The average molecular weight is 635 g/mol. The molecule has 3 amide bonds. The van der Waals surface area contributed by atoms with Gasteiger partial charge in [-0.3, -0.25) is 19.3 Å². The molecule has 0 saturated carbocycles. The molecule has 4 rings (SSSR count). The SMILES string of the molecule is O=C(COC(=O)C(Cc1ccccc1)N1C(=O)c2c(Cl)c(Cl)c(Cl)c(Cl)c2C1=O)Nc1cc(Cl)ccc1Cl. The van der Waals surface area contributed by atoms with Crippen LogP contribution in [0, 0.1) is 0 Å². The predicted molar refractivity (Wildman–Crippen MR) is 147 cm³/mol. The van der Waals surface area contributed by atoms with Crippen LogP contribution >= 0.6 is 69.6 Å². The number of fused-ring (bicyclic) bond motifs is 1. The van der Waals surface area contributed by atoms with Crippen LogP contribution in [0.5, 0.6) is 0 Å². The number of carbonyl (C=O) groups excluding carboxylic acids is 4. The Morgan fingerprint density at radius 2 is 1.39 bits per heavy atom. The second-order valence-corrected chi connectivity index (χ2v) is 10.3. The van der Waals surface area contributed by atoms with Gasteiger partial charge >= 0.3 is 5.97 Å². The number of nitrogens with zero attached hydrogens (tertiary/aromatic N) is 1. The van der Waals surface area contributed by atoms with Gasteiger partial charge < -0.3 is 10.1 Å². The van der Waals surface area contributed by atoms with E-state index in [9.17, 15) is 19.2 Å². The largest absolute Gasteiger partial charge is 0.454 e. The quantitative estimate of drug-likeness (QED) is 0.131. The number of esters is 1. The molecular formula is C25H14Cl6N2O5. The molecule has 1 aliphatic rings. The molecule has 0 aromatic heterocycles. The molecule has 1 N–H and O–H groups in total. The van der Waals surface area contributed by atoms with Crippen molar-refractivity contribution in [2.75, 3.05) is 11.9 Å². The van der Waals surface area contributed by atoms with E-state index in [4.69, 9.17) is 74.3 Å². The lowest BCUT2D eigenvalue weighted by Crippen LogP contribution is -2.47. The molecule has 1 heterocycles. The first-order chi connectivity index (χ1) is 18.0. The zero-order valence-electron chi connectivity index (χ0n) is 18.9. The van der Waals surface area contributed by atoms with Crippen molar-refractivity contribution in [3.05, 3.63) is 95.4 Å². The Bertz CT molecular complexity index is 1430. The highest BCUT2D eigenvalue weighted by Gasteiger charge is 2.47. The van der Waals surface area contributed by atoms with Crippen molar-refractivity contribution in [2.45, 2.75) is 12.5 Å². The topological polar surface area (TPSA) is 92.8 Å². The minimum absolute atomic E-state index is 0.121. The van der Waals surface area contributed by atoms with Crippen LogP contribution in [0.25, 0.3) is 0 Å². The summed E-state index contributed by atoms with van der Waals surface area (Å²) >= 11 is 36.6. The number of hydrogen-bond acceptors (Lipinski definition) is 5. The molecule has 1 atom stereocenters. The second kappa shape index (κ2) is 11.7. The molecule has 3 aromatic carbocycles. The summed E-state index contributed by atoms with van der Waals surface area (Å²) in [5.74, 6) is -3.58. The molecule has 3 aromatic rings. The Morgan fingerprint density at radius 1 is 0.816 bits per heavy atom. The summed E-state index contributed by atoms with van der Waals surface area (Å²) in [7, 11) is 0. The molecule has 0 bridgehead atoms. The standard InChI is InChI=1S/C25H14Cl6N2O5/c26-12-6-7-13(27)14(9-12)32-16(34)10-38-25(37)15(8-11-4-2-1-3-5-11)33-23(35)17-18(24(33)36)20(29)22(31)21(30)19(17)28/h1-7,9,15H,8,10H2,(H,32,34). The van der Waals surface area contributed by atoms with Gasteiger partial charge in [-0.1, -0.05) is 99.9 Å². The van der Waals surface area contributed by atoms with Gasteiger partial charge in [0.1, 0.15) is 6.04 Å². The van der Waals surface area contributed by atoms with Crippen LogP contribution in [0.2, 0.25) is 30.1 Å². The van der Waals surface area contributed by atoms with Crippen molar-refractivity contribution >= 4 is 99.0 Å². The van der Waals surface area contributed by atoms with E-state index in [1.807, 2.05) is 0 Å². The molecule has 0 aliphatic carbocycles. The van der Waals surface area contributed by atoms with Crippen LogP contribution in [0.1, 0.15) is 26.3 Å². The van der Waals surface area contributed by atoms with E-state index in [2.05, 4.69) is 5.32 Å². The van der Waals surface area contributed by atoms with Crippen LogP contribution < -0.4 is 5.32 Å². The number of benzene rings is 3. The summed E-state index contributed by atoms with van der Waals surface area (Å²) in [6.45, 7) is -0.741. The second-order valence-electron chi connectivity index (χ2n) is 7.97. The fourth-order valence-electron chi connectivity index (χ4n) is 3.78. The molecule has 38 heavy (non-hydrogen) atoms. The third-order valence-corrected chi connectivity index (χ3v) is 7.90. The smallest absolute Gasteiger partial charge is 0.330 e. The van der Waals surface area contributed by atoms with Crippen LogP contribution in [0.3, 0.4) is 0 Å². The Kier molecular flexibility index (Phi) is 8.77. The highest BCUT2D eigenvalue weighted by atomic mass is 35.5. The number of anilines is 1. The number of rotatable bonds is 7. The molecule has 1 aliphatic heterocycles. The minimum atomic E-state index is -1.47. The summed E-state index contributed by atoms with van der Waals surface area (Å²) in [6, 6.07) is 11.5. The van der Waals surface area contributed by atoms with E-state index in [0.29, 0.717) is 15.5 Å². The van der Waals surface area contributed by atoms with Crippen molar-refractivity contribution < 1.29 is 23.9 Å². The molecule has 0 fully saturated rings. The number of imide groups is 1. The Balaban J connectivity index is 1.61. The number of hydrogen-bond donors (Lipinski definition) is 1. The van der Waals surface area contributed by atoms with E-state index in [1.54, 1.807) is 30.3 Å². The Morgan fingerprint density at radius 3 is 1.97 bits per heavy atom. The first-order valence-electron chi connectivity index (χ1n) is 10.7. The van der Waals surface area contributed by atoms with E-state index in [0.717, 1.165) is 0 Å². The number of nitrogens with one attached hydrogen (secondary N) is 1. The van der Waals surface area contributed by atoms with Gasteiger partial charge in [0.15, 0.2) is 6.61 Å². The molecular weight excluding hydrogens is 621 g/mol. The summed E-state index contributed by atoms with van der Waals surface area (Å²) in [5, 5.41) is 2.05. The highest BCUT2D eigenvalue weighted by molar-refractivity contribution is 6.55. The predicted octanol–water partition coefficient (Wildman–Crippen LogP) is 7.00. The van der Waals surface area contributed by atoms with Crippen molar-refractivity contribution in [1.82, 2.24) is 4.90 Å². The van der Waals surface area contributed by atoms with Crippen molar-refractivity contribution in [2.24, 2.45) is 0 Å². The molecule has 1 unspecified atom stereocenters. The fraction of sp³-hybridized carbons (Fsp3) is 0.120. The zero-order valence-corrected chi connectivity index (χ0v) is 23.4. The summed E-state index contributed by atoms with van der Waals surface area (Å²) in [6.07, 6.45) is -0.121. The van der Waals surface area contributed by atoms with Gasteiger partial charge in [-0.2, -0.15) is 0 Å². The maximum atomic E-state index is 13.4. The van der Waals surface area contributed by atoms with E-state index in [-0.39, 0.29) is 48.3 Å². The summed E-state index contributed by atoms with van der Waals surface area (Å²) in [4.78, 5) is 53.1. The molecule has 0 spiro atoms. The first-order valence-corrected chi connectivity index (χ1v) is 13.0. The van der Waals surface area contributed by atoms with Gasteiger partial charge in [-0.15, -0.1) is 0 Å². The van der Waals surface area contributed by atoms with Crippen LogP contribution in [-0.2, 0) is 20.7 Å².